The maximum atomic E-state index is 5.66. The van der Waals surface area contributed by atoms with E-state index in [-0.39, 0.29) is 0 Å². The summed E-state index contributed by atoms with van der Waals surface area (Å²) in [6.07, 6.45) is 2.70. The summed E-state index contributed by atoms with van der Waals surface area (Å²) in [7, 11) is 2.06. The van der Waals surface area contributed by atoms with Crippen molar-refractivity contribution in [1.29, 1.82) is 0 Å². The van der Waals surface area contributed by atoms with Crippen molar-refractivity contribution in [2.45, 2.75) is 39.7 Å². The summed E-state index contributed by atoms with van der Waals surface area (Å²) in [5.41, 5.74) is 0. The molecule has 0 amide bonds. The number of ether oxygens (including phenoxy) is 1. The van der Waals surface area contributed by atoms with Crippen molar-refractivity contribution in [2.75, 3.05) is 39.9 Å². The fourth-order valence-electron chi connectivity index (χ4n) is 2.45. The van der Waals surface area contributed by atoms with Crippen molar-refractivity contribution in [2.24, 2.45) is 11.8 Å². The van der Waals surface area contributed by atoms with E-state index in [0.717, 1.165) is 25.7 Å². The van der Waals surface area contributed by atoms with Crippen LogP contribution in [-0.2, 0) is 4.74 Å². The van der Waals surface area contributed by atoms with Crippen LogP contribution >= 0.6 is 0 Å². The third kappa shape index (κ3) is 5.84. The Bertz CT molecular complexity index is 197. The van der Waals surface area contributed by atoms with E-state index in [1.54, 1.807) is 0 Å². The van der Waals surface area contributed by atoms with E-state index in [4.69, 9.17) is 4.74 Å². The second-order valence-electron chi connectivity index (χ2n) is 5.75. The van der Waals surface area contributed by atoms with Gasteiger partial charge in [0.2, 0.25) is 0 Å². The summed E-state index contributed by atoms with van der Waals surface area (Å²) >= 11 is 0. The molecule has 3 heteroatoms. The molecule has 0 aliphatic carbocycles. The first-order valence-corrected chi connectivity index (χ1v) is 7.10. The van der Waals surface area contributed by atoms with Crippen molar-refractivity contribution in [1.82, 2.24) is 10.2 Å². The summed E-state index contributed by atoms with van der Waals surface area (Å²) < 4.78 is 5.66. The zero-order chi connectivity index (χ0) is 12.7. The molecular formula is C14H30N2O. The minimum Gasteiger partial charge on any atom is -0.380 e. The first-order chi connectivity index (χ1) is 8.13. The van der Waals surface area contributed by atoms with Gasteiger partial charge in [0.1, 0.15) is 0 Å². The van der Waals surface area contributed by atoms with Gasteiger partial charge in [0.05, 0.1) is 6.61 Å². The standard InChI is InChI=1S/C14H30N2O/c1-12(2)11-17-9-8-16-7-5-6-14(10-16)13(3)15-4/h12-15H,5-11H2,1-4H3. The molecule has 1 rings (SSSR count). The molecule has 1 N–H and O–H groups in total. The molecule has 2 unspecified atom stereocenters. The van der Waals surface area contributed by atoms with Crippen LogP contribution in [0.1, 0.15) is 33.6 Å². The van der Waals surface area contributed by atoms with Crippen LogP contribution in [0.4, 0.5) is 0 Å². The lowest BCUT2D eigenvalue weighted by molar-refractivity contribution is 0.0673. The highest BCUT2D eigenvalue weighted by Gasteiger charge is 2.23. The topological polar surface area (TPSA) is 24.5 Å². The van der Waals surface area contributed by atoms with E-state index in [2.05, 4.69) is 38.0 Å². The zero-order valence-electron chi connectivity index (χ0n) is 12.0. The largest absolute Gasteiger partial charge is 0.380 e. The number of nitrogens with zero attached hydrogens (tertiary/aromatic N) is 1. The number of likely N-dealkylation sites (tertiary alicyclic amines) is 1. The Morgan fingerprint density at radius 3 is 2.76 bits per heavy atom. The molecule has 1 fully saturated rings. The average molecular weight is 242 g/mol. The first kappa shape index (κ1) is 14.9. The van der Waals surface area contributed by atoms with Gasteiger partial charge in [-0.2, -0.15) is 0 Å². The maximum Gasteiger partial charge on any atom is 0.0593 e. The number of hydrogen-bond donors (Lipinski definition) is 1. The van der Waals surface area contributed by atoms with Gasteiger partial charge >= 0.3 is 0 Å². The van der Waals surface area contributed by atoms with E-state index in [0.29, 0.717) is 12.0 Å². The molecule has 0 aromatic rings. The molecule has 0 aromatic heterocycles. The summed E-state index contributed by atoms with van der Waals surface area (Å²) in [4.78, 5) is 2.56. The van der Waals surface area contributed by atoms with Gasteiger partial charge in [0, 0.05) is 25.7 Å². The average Bonchev–Trinajstić information content (AvgIpc) is 2.34. The molecular weight excluding hydrogens is 212 g/mol. The van der Waals surface area contributed by atoms with Crippen molar-refractivity contribution < 1.29 is 4.74 Å². The monoisotopic (exact) mass is 242 g/mol. The Morgan fingerprint density at radius 2 is 2.12 bits per heavy atom. The Hall–Kier alpha value is -0.120. The number of rotatable bonds is 7. The summed E-state index contributed by atoms with van der Waals surface area (Å²) in [6.45, 7) is 12.0. The lowest BCUT2D eigenvalue weighted by Gasteiger charge is -2.35. The van der Waals surface area contributed by atoms with Crippen LogP contribution in [0.3, 0.4) is 0 Å². The van der Waals surface area contributed by atoms with Crippen LogP contribution in [0, 0.1) is 11.8 Å². The fourth-order valence-corrected chi connectivity index (χ4v) is 2.45. The van der Waals surface area contributed by atoms with Crippen molar-refractivity contribution in [3.8, 4) is 0 Å². The smallest absolute Gasteiger partial charge is 0.0593 e. The van der Waals surface area contributed by atoms with Gasteiger partial charge in [0.25, 0.3) is 0 Å². The van der Waals surface area contributed by atoms with E-state index in [1.807, 2.05) is 0 Å². The van der Waals surface area contributed by atoms with Crippen LogP contribution in [-0.4, -0.2) is 50.8 Å². The van der Waals surface area contributed by atoms with E-state index in [9.17, 15) is 0 Å². The molecule has 1 heterocycles. The Labute approximate surface area is 107 Å². The Morgan fingerprint density at radius 1 is 1.35 bits per heavy atom. The Kier molecular flexibility index (Phi) is 7.09. The second kappa shape index (κ2) is 8.06. The third-order valence-electron chi connectivity index (χ3n) is 3.71. The first-order valence-electron chi connectivity index (χ1n) is 7.10. The highest BCUT2D eigenvalue weighted by molar-refractivity contribution is 4.79. The predicted octanol–water partition coefficient (Wildman–Crippen LogP) is 1.98. The van der Waals surface area contributed by atoms with Gasteiger partial charge in [-0.05, 0) is 45.2 Å². The second-order valence-corrected chi connectivity index (χ2v) is 5.75. The van der Waals surface area contributed by atoms with Gasteiger partial charge in [-0.15, -0.1) is 0 Å². The molecule has 0 saturated carbocycles. The van der Waals surface area contributed by atoms with E-state index in [1.165, 1.54) is 25.9 Å². The van der Waals surface area contributed by atoms with Crippen molar-refractivity contribution >= 4 is 0 Å². The summed E-state index contributed by atoms with van der Waals surface area (Å²) in [5.74, 6) is 1.45. The molecule has 102 valence electrons. The zero-order valence-corrected chi connectivity index (χ0v) is 12.0. The predicted molar refractivity (Wildman–Crippen MR) is 73.3 cm³/mol. The molecule has 1 saturated heterocycles. The van der Waals surface area contributed by atoms with Crippen LogP contribution in [0.15, 0.2) is 0 Å². The van der Waals surface area contributed by atoms with Crippen molar-refractivity contribution in [3.63, 3.8) is 0 Å². The summed E-state index contributed by atoms with van der Waals surface area (Å²) in [5, 5.41) is 3.38. The van der Waals surface area contributed by atoms with Gasteiger partial charge < -0.3 is 15.0 Å². The molecule has 17 heavy (non-hydrogen) atoms. The van der Waals surface area contributed by atoms with E-state index < -0.39 is 0 Å². The number of hydrogen-bond acceptors (Lipinski definition) is 3. The van der Waals surface area contributed by atoms with Crippen LogP contribution in [0.25, 0.3) is 0 Å². The SMILES string of the molecule is CNC(C)C1CCCN(CCOCC(C)C)C1. The van der Waals surface area contributed by atoms with Crippen molar-refractivity contribution in [3.05, 3.63) is 0 Å². The quantitative estimate of drug-likeness (QED) is 0.691. The minimum absolute atomic E-state index is 0.634. The molecule has 0 spiro atoms. The normalized spacial score (nSPS) is 24.2. The lowest BCUT2D eigenvalue weighted by Crippen LogP contribution is -2.44. The van der Waals surface area contributed by atoms with Crippen LogP contribution in [0.2, 0.25) is 0 Å². The lowest BCUT2D eigenvalue weighted by atomic mass is 9.92. The molecule has 0 aromatic carbocycles. The molecule has 0 bridgehead atoms. The van der Waals surface area contributed by atoms with Gasteiger partial charge in [-0.1, -0.05) is 13.8 Å². The highest BCUT2D eigenvalue weighted by Crippen LogP contribution is 2.19. The number of piperidine rings is 1. The summed E-state index contributed by atoms with van der Waals surface area (Å²) in [6, 6.07) is 0.634. The Balaban J connectivity index is 2.16. The number of nitrogens with one attached hydrogen (secondary N) is 1. The fraction of sp³-hybridized carbons (Fsp3) is 1.00. The highest BCUT2D eigenvalue weighted by atomic mass is 16.5. The third-order valence-corrected chi connectivity index (χ3v) is 3.71. The van der Waals surface area contributed by atoms with Gasteiger partial charge in [-0.25, -0.2) is 0 Å². The maximum absolute atomic E-state index is 5.66. The molecule has 3 nitrogen and oxygen atoms in total. The van der Waals surface area contributed by atoms with Gasteiger partial charge in [0.15, 0.2) is 0 Å². The molecule has 1 aliphatic heterocycles. The minimum atomic E-state index is 0.634. The molecule has 2 atom stereocenters. The van der Waals surface area contributed by atoms with Gasteiger partial charge in [-0.3, -0.25) is 0 Å². The van der Waals surface area contributed by atoms with E-state index >= 15 is 0 Å². The molecule has 0 radical (unpaired) electrons. The van der Waals surface area contributed by atoms with Crippen LogP contribution < -0.4 is 5.32 Å². The van der Waals surface area contributed by atoms with Crippen LogP contribution in [0.5, 0.6) is 0 Å². The molecule has 1 aliphatic rings.